The molecule has 0 radical (unpaired) electrons. The molecular weight excluding hydrogens is 316 g/mol. The van der Waals surface area contributed by atoms with Gasteiger partial charge in [-0.3, -0.25) is 14.5 Å². The van der Waals surface area contributed by atoms with E-state index >= 15 is 0 Å². The lowest BCUT2D eigenvalue weighted by atomic mass is 10.0. The predicted molar refractivity (Wildman–Crippen MR) is 99.4 cm³/mol. The summed E-state index contributed by atoms with van der Waals surface area (Å²) in [6.45, 7) is 6.95. The minimum absolute atomic E-state index is 0.271. The second kappa shape index (κ2) is 7.70. The number of H-pyrrole nitrogens is 1. The van der Waals surface area contributed by atoms with E-state index < -0.39 is 11.8 Å². The van der Waals surface area contributed by atoms with Gasteiger partial charge in [0, 0.05) is 29.7 Å². The summed E-state index contributed by atoms with van der Waals surface area (Å²) in [5, 5.41) is 6.40. The maximum absolute atomic E-state index is 12.2. The lowest BCUT2D eigenvalue weighted by Gasteiger charge is -2.30. The van der Waals surface area contributed by atoms with Crippen molar-refractivity contribution in [1.82, 2.24) is 15.2 Å². The number of amides is 2. The molecule has 25 heavy (non-hydrogen) atoms. The van der Waals surface area contributed by atoms with E-state index in [4.69, 9.17) is 0 Å². The van der Waals surface area contributed by atoms with Crippen molar-refractivity contribution >= 4 is 28.4 Å². The number of rotatable bonds is 5. The van der Waals surface area contributed by atoms with Crippen molar-refractivity contribution < 1.29 is 9.59 Å². The van der Waals surface area contributed by atoms with E-state index in [1.54, 1.807) is 6.07 Å². The number of hydrogen-bond donors (Lipinski definition) is 3. The van der Waals surface area contributed by atoms with Crippen LogP contribution in [0.2, 0.25) is 0 Å². The minimum Gasteiger partial charge on any atom is -0.361 e. The Hall–Kier alpha value is -2.34. The molecule has 2 amide bonds. The Labute approximate surface area is 148 Å². The third-order valence-electron chi connectivity index (χ3n) is 4.90. The quantitative estimate of drug-likeness (QED) is 0.730. The smallest absolute Gasteiger partial charge is 0.313 e. The van der Waals surface area contributed by atoms with Gasteiger partial charge < -0.3 is 15.6 Å². The number of benzene rings is 1. The van der Waals surface area contributed by atoms with Gasteiger partial charge in [0.25, 0.3) is 0 Å². The van der Waals surface area contributed by atoms with Crippen LogP contribution in [0.5, 0.6) is 0 Å². The highest BCUT2D eigenvalue weighted by Gasteiger charge is 2.26. The van der Waals surface area contributed by atoms with Crippen LogP contribution in [0.25, 0.3) is 10.9 Å². The molecule has 1 aliphatic heterocycles. The van der Waals surface area contributed by atoms with Crippen LogP contribution < -0.4 is 10.6 Å². The molecule has 2 heterocycles. The first-order valence-corrected chi connectivity index (χ1v) is 8.95. The highest BCUT2D eigenvalue weighted by molar-refractivity contribution is 6.40. The molecule has 1 aliphatic rings. The molecule has 2 aromatic rings. The summed E-state index contributed by atoms with van der Waals surface area (Å²) < 4.78 is 0. The predicted octanol–water partition coefficient (Wildman–Crippen LogP) is 2.34. The van der Waals surface area contributed by atoms with E-state index in [1.165, 1.54) is 12.8 Å². The van der Waals surface area contributed by atoms with Gasteiger partial charge in [-0.2, -0.15) is 0 Å². The first-order valence-electron chi connectivity index (χ1n) is 8.95. The monoisotopic (exact) mass is 342 g/mol. The van der Waals surface area contributed by atoms with Crippen molar-refractivity contribution in [2.24, 2.45) is 5.92 Å². The van der Waals surface area contributed by atoms with Crippen molar-refractivity contribution in [1.29, 1.82) is 0 Å². The lowest BCUT2D eigenvalue weighted by Crippen LogP contribution is -2.47. The summed E-state index contributed by atoms with van der Waals surface area (Å²) >= 11 is 0. The highest BCUT2D eigenvalue weighted by Crippen LogP contribution is 2.22. The van der Waals surface area contributed by atoms with Crippen LogP contribution in [0.4, 0.5) is 5.69 Å². The molecule has 6 heteroatoms. The summed E-state index contributed by atoms with van der Waals surface area (Å²) in [6.07, 6.45) is 4.22. The fourth-order valence-corrected chi connectivity index (χ4v) is 3.51. The van der Waals surface area contributed by atoms with Crippen molar-refractivity contribution in [3.63, 3.8) is 0 Å². The topological polar surface area (TPSA) is 77.2 Å². The van der Waals surface area contributed by atoms with E-state index in [0.29, 0.717) is 18.2 Å². The van der Waals surface area contributed by atoms with Gasteiger partial charge in [0.05, 0.1) is 5.69 Å². The molecule has 0 unspecified atom stereocenters. The van der Waals surface area contributed by atoms with Gasteiger partial charge in [-0.15, -0.1) is 0 Å². The maximum atomic E-state index is 12.2. The number of nitrogens with one attached hydrogen (secondary N) is 3. The Morgan fingerprint density at radius 2 is 1.92 bits per heavy atom. The number of fused-ring (bicyclic) bond motifs is 1. The average molecular weight is 342 g/mol. The van der Waals surface area contributed by atoms with E-state index in [2.05, 4.69) is 34.4 Å². The van der Waals surface area contributed by atoms with Gasteiger partial charge in [-0.1, -0.05) is 19.9 Å². The largest absolute Gasteiger partial charge is 0.361 e. The Kier molecular flexibility index (Phi) is 5.38. The van der Waals surface area contributed by atoms with Crippen molar-refractivity contribution in [3.8, 4) is 0 Å². The Balaban J connectivity index is 1.58. The third kappa shape index (κ3) is 4.02. The van der Waals surface area contributed by atoms with Crippen molar-refractivity contribution in [2.45, 2.75) is 32.7 Å². The molecular formula is C19H26N4O2. The zero-order valence-corrected chi connectivity index (χ0v) is 14.8. The zero-order chi connectivity index (χ0) is 17.8. The lowest BCUT2D eigenvalue weighted by molar-refractivity contribution is -0.136. The molecule has 0 aliphatic carbocycles. The first-order chi connectivity index (χ1) is 12.1. The van der Waals surface area contributed by atoms with Crippen LogP contribution in [0.15, 0.2) is 30.5 Å². The number of aromatic amines is 1. The normalized spacial score (nSPS) is 16.3. The van der Waals surface area contributed by atoms with E-state index in [-0.39, 0.29) is 6.04 Å². The van der Waals surface area contributed by atoms with Crippen molar-refractivity contribution in [2.75, 3.05) is 25.0 Å². The van der Waals surface area contributed by atoms with Gasteiger partial charge in [-0.05, 0) is 50.0 Å². The molecule has 0 bridgehead atoms. The van der Waals surface area contributed by atoms with Gasteiger partial charge >= 0.3 is 11.8 Å². The van der Waals surface area contributed by atoms with E-state index in [9.17, 15) is 9.59 Å². The first kappa shape index (κ1) is 17.5. The third-order valence-corrected chi connectivity index (χ3v) is 4.90. The van der Waals surface area contributed by atoms with E-state index in [1.807, 2.05) is 24.4 Å². The summed E-state index contributed by atoms with van der Waals surface area (Å²) in [4.78, 5) is 29.9. The molecule has 3 rings (SSSR count). The number of nitrogens with zero attached hydrogens (tertiary/aromatic N) is 1. The second-order valence-electron chi connectivity index (χ2n) is 6.96. The number of carbonyl (C=O) groups excluding carboxylic acids is 2. The highest BCUT2D eigenvalue weighted by atomic mass is 16.2. The van der Waals surface area contributed by atoms with Crippen LogP contribution in [0.1, 0.15) is 26.7 Å². The van der Waals surface area contributed by atoms with Gasteiger partial charge in [0.2, 0.25) is 0 Å². The van der Waals surface area contributed by atoms with Crippen LogP contribution in [0.3, 0.4) is 0 Å². The zero-order valence-electron chi connectivity index (χ0n) is 14.8. The number of hydrogen-bond acceptors (Lipinski definition) is 3. The van der Waals surface area contributed by atoms with Crippen LogP contribution in [0, 0.1) is 5.92 Å². The van der Waals surface area contributed by atoms with Crippen LogP contribution >= 0.6 is 0 Å². The van der Waals surface area contributed by atoms with Crippen LogP contribution in [-0.4, -0.2) is 47.4 Å². The molecule has 0 saturated carbocycles. The number of carbonyl (C=O) groups is 2. The fraction of sp³-hybridized carbons (Fsp3) is 0.474. The van der Waals surface area contributed by atoms with Crippen molar-refractivity contribution in [3.05, 3.63) is 30.5 Å². The van der Waals surface area contributed by atoms with E-state index in [0.717, 1.165) is 24.0 Å². The Bertz CT molecular complexity index is 747. The van der Waals surface area contributed by atoms with Crippen LogP contribution in [-0.2, 0) is 9.59 Å². The maximum Gasteiger partial charge on any atom is 0.313 e. The Morgan fingerprint density at radius 1 is 1.16 bits per heavy atom. The number of anilines is 1. The molecule has 134 valence electrons. The minimum atomic E-state index is -0.627. The number of likely N-dealkylation sites (tertiary alicyclic amines) is 1. The molecule has 6 nitrogen and oxygen atoms in total. The Morgan fingerprint density at radius 3 is 2.64 bits per heavy atom. The number of aromatic nitrogens is 1. The summed E-state index contributed by atoms with van der Waals surface area (Å²) in [6, 6.07) is 7.71. The molecule has 1 aromatic carbocycles. The van der Waals surface area contributed by atoms with Gasteiger partial charge in [0.15, 0.2) is 0 Å². The van der Waals surface area contributed by atoms with Gasteiger partial charge in [0.1, 0.15) is 0 Å². The fourth-order valence-electron chi connectivity index (χ4n) is 3.51. The second-order valence-corrected chi connectivity index (χ2v) is 6.96. The molecule has 1 saturated heterocycles. The molecule has 0 spiro atoms. The molecule has 1 fully saturated rings. The molecule has 1 aromatic heterocycles. The average Bonchev–Trinajstić information content (AvgIpc) is 3.26. The summed E-state index contributed by atoms with van der Waals surface area (Å²) in [5.41, 5.74) is 1.56. The summed E-state index contributed by atoms with van der Waals surface area (Å²) in [7, 11) is 0. The standard InChI is InChI=1S/C19H26N4O2/c1-13(2)17(23-10-3-4-11-23)12-21-18(24)19(25)22-16-7-5-6-15-14(16)8-9-20-15/h5-9,13,17,20H,3-4,10-12H2,1-2H3,(H,21,24)(H,22,25)/t17-/m0/s1. The van der Waals surface area contributed by atoms with Gasteiger partial charge in [-0.25, -0.2) is 0 Å². The molecule has 1 atom stereocenters. The summed E-state index contributed by atoms with van der Waals surface area (Å²) in [5.74, 6) is -0.787. The molecule has 3 N–H and O–H groups in total. The SMILES string of the molecule is CC(C)[C@H](CNC(=O)C(=O)Nc1cccc2[nH]ccc12)N1CCCC1.